The van der Waals surface area contributed by atoms with Gasteiger partial charge in [0.25, 0.3) is 0 Å². The van der Waals surface area contributed by atoms with Crippen LogP contribution < -0.4 is 11.1 Å². The van der Waals surface area contributed by atoms with E-state index in [-0.39, 0.29) is 17.4 Å². The summed E-state index contributed by atoms with van der Waals surface area (Å²) in [6.07, 6.45) is 4.05. The largest absolute Gasteiger partial charge is 0.352 e. The summed E-state index contributed by atoms with van der Waals surface area (Å²) in [7, 11) is 0. The molecule has 1 rings (SSSR count). The number of hydrogen-bond acceptors (Lipinski definition) is 3. The van der Waals surface area contributed by atoms with Crippen molar-refractivity contribution >= 4 is 5.91 Å². The minimum Gasteiger partial charge on any atom is -0.352 e. The number of carbonyl (C=O) groups is 1. The van der Waals surface area contributed by atoms with Gasteiger partial charge in [-0.25, -0.2) is 0 Å². The molecule has 0 aromatic rings. The van der Waals surface area contributed by atoms with Crippen LogP contribution in [0.1, 0.15) is 46.5 Å². The molecule has 1 unspecified atom stereocenters. The number of nitrogens with zero attached hydrogens (tertiary/aromatic N) is 1. The highest BCUT2D eigenvalue weighted by Gasteiger charge is 2.37. The van der Waals surface area contributed by atoms with E-state index in [4.69, 9.17) is 5.73 Å². The van der Waals surface area contributed by atoms with Crippen molar-refractivity contribution in [2.75, 3.05) is 26.2 Å². The molecule has 0 heterocycles. The first-order chi connectivity index (χ1) is 8.55. The van der Waals surface area contributed by atoms with Crippen molar-refractivity contribution in [3.05, 3.63) is 0 Å². The Morgan fingerprint density at radius 2 is 2.00 bits per heavy atom. The van der Waals surface area contributed by atoms with E-state index >= 15 is 0 Å². The molecule has 0 radical (unpaired) electrons. The van der Waals surface area contributed by atoms with Gasteiger partial charge in [-0.3, -0.25) is 4.79 Å². The molecule has 1 aliphatic carbocycles. The fourth-order valence-corrected chi connectivity index (χ4v) is 2.71. The van der Waals surface area contributed by atoms with E-state index in [1.54, 1.807) is 0 Å². The molecule has 1 amide bonds. The molecule has 1 aliphatic rings. The minimum atomic E-state index is 0.110. The summed E-state index contributed by atoms with van der Waals surface area (Å²) in [5, 5.41) is 3.10. The number of rotatable bonds is 8. The quantitative estimate of drug-likeness (QED) is 0.688. The van der Waals surface area contributed by atoms with Crippen molar-refractivity contribution in [1.82, 2.24) is 10.2 Å². The van der Waals surface area contributed by atoms with Gasteiger partial charge in [-0.05, 0) is 44.8 Å². The summed E-state index contributed by atoms with van der Waals surface area (Å²) < 4.78 is 0. The molecule has 3 N–H and O–H groups in total. The van der Waals surface area contributed by atoms with E-state index in [1.807, 2.05) is 0 Å². The predicted octanol–water partition coefficient (Wildman–Crippen LogP) is 1.35. The molecule has 1 atom stereocenters. The summed E-state index contributed by atoms with van der Waals surface area (Å²) in [6, 6.07) is 0.215. The van der Waals surface area contributed by atoms with Gasteiger partial charge in [0, 0.05) is 19.0 Å². The molecular formula is C14H29N3O. The average molecular weight is 255 g/mol. The van der Waals surface area contributed by atoms with E-state index in [9.17, 15) is 4.79 Å². The number of nitrogens with one attached hydrogen (secondary N) is 1. The van der Waals surface area contributed by atoms with E-state index < -0.39 is 0 Å². The highest BCUT2D eigenvalue weighted by Crippen LogP contribution is 2.42. The molecular weight excluding hydrogens is 226 g/mol. The number of carbonyl (C=O) groups excluding carboxylic acids is 1. The molecule has 106 valence electrons. The second-order valence-electron chi connectivity index (χ2n) is 5.69. The Balaban J connectivity index is 2.30. The Bertz CT molecular complexity index is 254. The van der Waals surface area contributed by atoms with Crippen molar-refractivity contribution in [2.24, 2.45) is 11.1 Å². The second-order valence-corrected chi connectivity index (χ2v) is 5.69. The van der Waals surface area contributed by atoms with Gasteiger partial charge in [0.2, 0.25) is 5.91 Å². The standard InChI is InChI=1S/C14H29N3O/c1-4-17(5-2)10-12(3)16-13(18)9-14(11-15)7-6-8-14/h12H,4-11,15H2,1-3H3,(H,16,18). The lowest BCUT2D eigenvalue weighted by Crippen LogP contribution is -2.46. The highest BCUT2D eigenvalue weighted by atomic mass is 16.1. The lowest BCUT2D eigenvalue weighted by atomic mass is 9.66. The molecule has 0 aromatic carbocycles. The van der Waals surface area contributed by atoms with Gasteiger partial charge in [-0.2, -0.15) is 0 Å². The van der Waals surface area contributed by atoms with Gasteiger partial charge in [0.1, 0.15) is 0 Å². The maximum atomic E-state index is 12.0. The first-order valence-electron chi connectivity index (χ1n) is 7.27. The van der Waals surface area contributed by atoms with Gasteiger partial charge < -0.3 is 16.0 Å². The highest BCUT2D eigenvalue weighted by molar-refractivity contribution is 5.77. The number of hydrogen-bond donors (Lipinski definition) is 2. The van der Waals surface area contributed by atoms with E-state index in [2.05, 4.69) is 31.0 Å². The van der Waals surface area contributed by atoms with Crippen molar-refractivity contribution in [3.8, 4) is 0 Å². The Morgan fingerprint density at radius 1 is 1.39 bits per heavy atom. The summed E-state index contributed by atoms with van der Waals surface area (Å²) >= 11 is 0. The predicted molar refractivity (Wildman–Crippen MR) is 75.3 cm³/mol. The van der Waals surface area contributed by atoms with E-state index in [0.717, 1.165) is 32.5 Å². The third-order valence-corrected chi connectivity index (χ3v) is 4.22. The Kier molecular flexibility index (Phi) is 6.09. The van der Waals surface area contributed by atoms with Crippen molar-refractivity contribution in [2.45, 2.75) is 52.5 Å². The van der Waals surface area contributed by atoms with Crippen LogP contribution in [0, 0.1) is 5.41 Å². The zero-order valence-corrected chi connectivity index (χ0v) is 12.2. The van der Waals surface area contributed by atoms with Crippen LogP contribution in [0.25, 0.3) is 0 Å². The summed E-state index contributed by atoms with van der Waals surface area (Å²) in [4.78, 5) is 14.3. The second kappa shape index (κ2) is 7.10. The Labute approximate surface area is 111 Å². The summed E-state index contributed by atoms with van der Waals surface area (Å²) in [5.74, 6) is 0.166. The summed E-state index contributed by atoms with van der Waals surface area (Å²) in [6.45, 7) is 10.0. The SMILES string of the molecule is CCN(CC)CC(C)NC(=O)CC1(CN)CCC1. The van der Waals surface area contributed by atoms with Crippen LogP contribution in [0.2, 0.25) is 0 Å². The zero-order chi connectivity index (χ0) is 13.6. The van der Waals surface area contributed by atoms with Gasteiger partial charge in [-0.1, -0.05) is 20.3 Å². The smallest absolute Gasteiger partial charge is 0.220 e. The third-order valence-electron chi connectivity index (χ3n) is 4.22. The van der Waals surface area contributed by atoms with Crippen LogP contribution in [0.3, 0.4) is 0 Å². The Morgan fingerprint density at radius 3 is 2.39 bits per heavy atom. The molecule has 0 saturated heterocycles. The summed E-state index contributed by atoms with van der Waals surface area (Å²) in [5.41, 5.74) is 5.89. The van der Waals surface area contributed by atoms with Crippen LogP contribution in [-0.4, -0.2) is 43.0 Å². The van der Waals surface area contributed by atoms with Crippen LogP contribution in [0.4, 0.5) is 0 Å². The molecule has 0 aliphatic heterocycles. The number of amides is 1. The topological polar surface area (TPSA) is 58.4 Å². The molecule has 0 spiro atoms. The molecule has 0 bridgehead atoms. The van der Waals surface area contributed by atoms with Crippen LogP contribution in [0.5, 0.6) is 0 Å². The molecule has 18 heavy (non-hydrogen) atoms. The van der Waals surface area contributed by atoms with Crippen LogP contribution in [-0.2, 0) is 4.79 Å². The number of likely N-dealkylation sites (N-methyl/N-ethyl adjacent to an activating group) is 1. The van der Waals surface area contributed by atoms with Gasteiger partial charge >= 0.3 is 0 Å². The van der Waals surface area contributed by atoms with E-state index in [1.165, 1.54) is 6.42 Å². The lowest BCUT2D eigenvalue weighted by Gasteiger charge is -2.40. The maximum Gasteiger partial charge on any atom is 0.220 e. The zero-order valence-electron chi connectivity index (χ0n) is 12.2. The molecule has 4 heteroatoms. The molecule has 0 aromatic heterocycles. The normalized spacial score (nSPS) is 19.4. The monoisotopic (exact) mass is 255 g/mol. The van der Waals surface area contributed by atoms with Crippen molar-refractivity contribution < 1.29 is 4.79 Å². The van der Waals surface area contributed by atoms with Crippen LogP contribution >= 0.6 is 0 Å². The molecule has 1 fully saturated rings. The van der Waals surface area contributed by atoms with Crippen molar-refractivity contribution in [3.63, 3.8) is 0 Å². The fourth-order valence-electron chi connectivity index (χ4n) is 2.71. The average Bonchev–Trinajstić information content (AvgIpc) is 2.30. The third kappa shape index (κ3) is 4.25. The van der Waals surface area contributed by atoms with Gasteiger partial charge in [-0.15, -0.1) is 0 Å². The first kappa shape index (κ1) is 15.4. The lowest BCUT2D eigenvalue weighted by molar-refractivity contribution is -0.125. The minimum absolute atomic E-state index is 0.110. The fraction of sp³-hybridized carbons (Fsp3) is 0.929. The van der Waals surface area contributed by atoms with E-state index in [0.29, 0.717) is 13.0 Å². The van der Waals surface area contributed by atoms with Crippen LogP contribution in [0.15, 0.2) is 0 Å². The van der Waals surface area contributed by atoms with Gasteiger partial charge in [0.05, 0.1) is 0 Å². The first-order valence-corrected chi connectivity index (χ1v) is 7.27. The molecule has 4 nitrogen and oxygen atoms in total. The Hall–Kier alpha value is -0.610. The van der Waals surface area contributed by atoms with Crippen molar-refractivity contribution in [1.29, 1.82) is 0 Å². The molecule has 1 saturated carbocycles. The maximum absolute atomic E-state index is 12.0. The van der Waals surface area contributed by atoms with Gasteiger partial charge in [0.15, 0.2) is 0 Å². The number of nitrogens with two attached hydrogens (primary N) is 1.